The van der Waals surface area contributed by atoms with E-state index in [9.17, 15) is 9.59 Å². The Morgan fingerprint density at radius 2 is 2.00 bits per heavy atom. The van der Waals surface area contributed by atoms with Crippen molar-refractivity contribution in [3.63, 3.8) is 0 Å². The number of aliphatic hydroxyl groups is 1. The molecule has 0 aliphatic carbocycles. The van der Waals surface area contributed by atoms with Gasteiger partial charge in [0.05, 0.1) is 5.57 Å². The molecule has 0 rings (SSSR count). The van der Waals surface area contributed by atoms with Crippen LogP contribution in [0, 0.1) is 0 Å². The molecule has 0 fully saturated rings. The van der Waals surface area contributed by atoms with Gasteiger partial charge < -0.3 is 14.9 Å². The molecule has 0 aliphatic rings. The molecule has 0 saturated carbocycles. The summed E-state index contributed by atoms with van der Waals surface area (Å²) in [5.41, 5.74) is -1.85. The van der Waals surface area contributed by atoms with E-state index in [1.165, 1.54) is 6.92 Å². The summed E-state index contributed by atoms with van der Waals surface area (Å²) < 4.78 is 4.65. The van der Waals surface area contributed by atoms with Gasteiger partial charge in [-0.2, -0.15) is 0 Å². The van der Waals surface area contributed by atoms with Crippen molar-refractivity contribution < 1.29 is 24.5 Å². The molecule has 15 heavy (non-hydrogen) atoms. The molecule has 1 unspecified atom stereocenters. The lowest BCUT2D eigenvalue weighted by Gasteiger charge is -2.10. The molecule has 86 valence electrons. The van der Waals surface area contributed by atoms with Crippen molar-refractivity contribution in [1.82, 2.24) is 0 Å². The zero-order valence-corrected chi connectivity index (χ0v) is 9.24. The molecule has 0 amide bonds. The van der Waals surface area contributed by atoms with E-state index in [1.807, 2.05) is 0 Å². The third-order valence-corrected chi connectivity index (χ3v) is 1.81. The Balaban J connectivity index is 4.76. The van der Waals surface area contributed by atoms with Crippen LogP contribution in [0.1, 0.15) is 26.7 Å². The Morgan fingerprint density at radius 3 is 2.33 bits per heavy atom. The largest absolute Gasteiger partial charge is 0.478 e. The maximum Gasteiger partial charge on any atom is 0.355 e. The smallest absolute Gasteiger partial charge is 0.355 e. The summed E-state index contributed by atoms with van der Waals surface area (Å²) in [5.74, 6) is -2.22. The van der Waals surface area contributed by atoms with Crippen molar-refractivity contribution in [3.8, 4) is 0 Å². The number of esters is 1. The third kappa shape index (κ3) is 4.80. The molecule has 0 aromatic heterocycles. The normalized spacial score (nSPS) is 14.1. The monoisotopic (exact) mass is 236 g/mol. The van der Waals surface area contributed by atoms with E-state index in [-0.39, 0.29) is 11.3 Å². The minimum atomic E-state index is -1.78. The van der Waals surface area contributed by atoms with Crippen molar-refractivity contribution in [2.24, 2.45) is 0 Å². The number of alkyl halides is 1. The Kier molecular flexibility index (Phi) is 5.96. The highest BCUT2D eigenvalue weighted by molar-refractivity contribution is 6.28. The number of halogens is 1. The number of aliphatic carboxylic acids is 1. The summed E-state index contributed by atoms with van der Waals surface area (Å²) in [5, 5.41) is 17.4. The number of rotatable bonds is 5. The second kappa shape index (κ2) is 6.42. The van der Waals surface area contributed by atoms with Crippen molar-refractivity contribution >= 4 is 23.5 Å². The van der Waals surface area contributed by atoms with Crippen LogP contribution in [0.3, 0.4) is 0 Å². The Hall–Kier alpha value is -1.07. The van der Waals surface area contributed by atoms with E-state index < -0.39 is 17.5 Å². The van der Waals surface area contributed by atoms with Gasteiger partial charge in [-0.25, -0.2) is 9.59 Å². The molecule has 1 atom stereocenters. The van der Waals surface area contributed by atoms with Gasteiger partial charge in [-0.15, -0.1) is 0 Å². The van der Waals surface area contributed by atoms with Crippen LogP contribution in [0.15, 0.2) is 11.3 Å². The molecule has 0 aromatic carbocycles. The molecule has 5 nitrogen and oxygen atoms in total. The van der Waals surface area contributed by atoms with Gasteiger partial charge >= 0.3 is 11.9 Å². The zero-order chi connectivity index (χ0) is 12.0. The third-order valence-electron chi connectivity index (χ3n) is 1.63. The van der Waals surface area contributed by atoms with Crippen molar-refractivity contribution in [3.05, 3.63) is 11.3 Å². The Bertz CT molecular complexity index is 282. The maximum atomic E-state index is 10.9. The first-order chi connectivity index (χ1) is 6.90. The highest BCUT2D eigenvalue weighted by Gasteiger charge is 2.18. The van der Waals surface area contributed by atoms with Crippen LogP contribution in [0.5, 0.6) is 0 Å². The number of allylic oxidation sites excluding steroid dienone is 1. The molecule has 0 aliphatic heterocycles. The molecule has 2 N–H and O–H groups in total. The minimum absolute atomic E-state index is 0.0229. The lowest BCUT2D eigenvalue weighted by atomic mass is 10.2. The van der Waals surface area contributed by atoms with Crippen molar-refractivity contribution in [2.75, 3.05) is 0 Å². The molecule has 0 spiro atoms. The van der Waals surface area contributed by atoms with Crippen LogP contribution in [-0.4, -0.2) is 27.7 Å². The first-order valence-corrected chi connectivity index (χ1v) is 4.80. The van der Waals surface area contributed by atoms with Crippen molar-refractivity contribution in [1.29, 1.82) is 0 Å². The standard InChI is InChI=1S/C9H13ClO5/c1-3-4-6(5(2)8(12)13)15-9(14)7(10)11/h7,11H,3-4H2,1-2H3,(H,12,13). The van der Waals surface area contributed by atoms with E-state index in [0.29, 0.717) is 12.8 Å². The molecule has 0 aromatic rings. The average Bonchev–Trinajstić information content (AvgIpc) is 2.15. The van der Waals surface area contributed by atoms with Gasteiger partial charge in [0.25, 0.3) is 0 Å². The van der Waals surface area contributed by atoms with Crippen LogP contribution in [0.2, 0.25) is 0 Å². The molecule has 6 heteroatoms. The second-order valence-corrected chi connectivity index (χ2v) is 3.27. The van der Waals surface area contributed by atoms with Gasteiger partial charge in [-0.3, -0.25) is 0 Å². The van der Waals surface area contributed by atoms with Crippen LogP contribution in [-0.2, 0) is 14.3 Å². The SMILES string of the molecule is CCCC(OC(=O)C(O)Cl)=C(C)C(=O)O. The summed E-state index contributed by atoms with van der Waals surface area (Å²) in [4.78, 5) is 21.5. The van der Waals surface area contributed by atoms with E-state index in [2.05, 4.69) is 4.74 Å². The Morgan fingerprint density at radius 1 is 1.47 bits per heavy atom. The van der Waals surface area contributed by atoms with Crippen LogP contribution in [0.25, 0.3) is 0 Å². The number of carbonyl (C=O) groups is 2. The molecular formula is C9H13ClO5. The van der Waals surface area contributed by atoms with E-state index >= 15 is 0 Å². The number of hydrogen-bond donors (Lipinski definition) is 2. The van der Waals surface area contributed by atoms with Gasteiger partial charge in [-0.05, 0) is 13.3 Å². The fraction of sp³-hybridized carbons (Fsp3) is 0.556. The van der Waals surface area contributed by atoms with Crippen LogP contribution < -0.4 is 0 Å². The highest BCUT2D eigenvalue weighted by atomic mass is 35.5. The van der Waals surface area contributed by atoms with Gasteiger partial charge in [0, 0.05) is 6.42 Å². The topological polar surface area (TPSA) is 83.8 Å². The van der Waals surface area contributed by atoms with Gasteiger partial charge in [0.15, 0.2) is 0 Å². The summed E-state index contributed by atoms with van der Waals surface area (Å²) >= 11 is 5.07. The number of ether oxygens (including phenoxy) is 1. The number of hydrogen-bond acceptors (Lipinski definition) is 4. The number of aliphatic hydroxyl groups excluding tert-OH is 1. The number of carboxylic acid groups (broad SMARTS) is 1. The summed E-state index contributed by atoms with van der Waals surface area (Å²) in [6, 6.07) is 0. The fourth-order valence-electron chi connectivity index (χ4n) is 0.831. The minimum Gasteiger partial charge on any atom is -0.478 e. The predicted molar refractivity (Wildman–Crippen MR) is 53.2 cm³/mol. The van der Waals surface area contributed by atoms with E-state index in [1.54, 1.807) is 6.92 Å². The average molecular weight is 237 g/mol. The fourth-order valence-corrected chi connectivity index (χ4v) is 0.876. The molecule has 0 bridgehead atoms. The Labute approximate surface area is 92.3 Å². The van der Waals surface area contributed by atoms with E-state index in [4.69, 9.17) is 21.8 Å². The molecule has 0 saturated heterocycles. The molecular weight excluding hydrogens is 224 g/mol. The lowest BCUT2D eigenvalue weighted by molar-refractivity contribution is -0.145. The first kappa shape index (κ1) is 13.9. The molecule has 0 radical (unpaired) electrons. The lowest BCUT2D eigenvalue weighted by Crippen LogP contribution is -2.18. The van der Waals surface area contributed by atoms with Gasteiger partial charge in [0.1, 0.15) is 5.76 Å². The van der Waals surface area contributed by atoms with Gasteiger partial charge in [0.2, 0.25) is 5.56 Å². The number of carbonyl (C=O) groups excluding carboxylic acids is 1. The maximum absolute atomic E-state index is 10.9. The zero-order valence-electron chi connectivity index (χ0n) is 8.49. The van der Waals surface area contributed by atoms with Crippen LogP contribution >= 0.6 is 11.6 Å². The first-order valence-electron chi connectivity index (χ1n) is 4.37. The van der Waals surface area contributed by atoms with Crippen molar-refractivity contribution in [2.45, 2.75) is 32.3 Å². The second-order valence-electron chi connectivity index (χ2n) is 2.86. The van der Waals surface area contributed by atoms with E-state index in [0.717, 1.165) is 0 Å². The highest BCUT2D eigenvalue weighted by Crippen LogP contribution is 2.14. The summed E-state index contributed by atoms with van der Waals surface area (Å²) in [7, 11) is 0. The predicted octanol–water partition coefficient (Wildman–Crippen LogP) is 1.25. The quantitative estimate of drug-likeness (QED) is 0.325. The summed E-state index contributed by atoms with van der Waals surface area (Å²) in [6.07, 6.45) is 0.916. The van der Waals surface area contributed by atoms with Crippen LogP contribution in [0.4, 0.5) is 0 Å². The molecule has 0 heterocycles. The summed E-state index contributed by atoms with van der Waals surface area (Å²) in [6.45, 7) is 3.13. The van der Waals surface area contributed by atoms with Gasteiger partial charge in [-0.1, -0.05) is 18.5 Å². The number of carboxylic acids is 1.